The van der Waals surface area contributed by atoms with Crippen LogP contribution in [0, 0.1) is 13.8 Å². The van der Waals surface area contributed by atoms with Gasteiger partial charge < -0.3 is 20.7 Å². The molecule has 0 spiro atoms. The Kier molecular flexibility index (Phi) is 4.34. The number of rotatable bonds is 3. The summed E-state index contributed by atoms with van der Waals surface area (Å²) < 4.78 is 5.82. The lowest BCUT2D eigenvalue weighted by atomic mass is 10.1. The largest absolute Gasteiger partial charge is 0.487 e. The van der Waals surface area contributed by atoms with E-state index < -0.39 is 0 Å². The minimum absolute atomic E-state index is 0.0237. The van der Waals surface area contributed by atoms with E-state index in [1.54, 1.807) is 0 Å². The molecular weight excluding hydrogens is 302 g/mol. The lowest BCUT2D eigenvalue weighted by molar-refractivity contribution is -0.115. The zero-order chi connectivity index (χ0) is 17.3. The molecule has 3 rings (SSSR count). The molecule has 1 aliphatic heterocycles. The molecule has 0 aliphatic carbocycles. The number of nitrogens with one attached hydrogen (secondary N) is 1. The van der Waals surface area contributed by atoms with Gasteiger partial charge in [-0.25, -0.2) is 0 Å². The Hall–Kier alpha value is -2.69. The minimum atomic E-state index is -0.0549. The number of aryl methyl sites for hydroxylation is 2. The normalized spacial score (nSPS) is 16.3. The Morgan fingerprint density at radius 1 is 1.25 bits per heavy atom. The van der Waals surface area contributed by atoms with Crippen LogP contribution in [0.15, 0.2) is 36.4 Å². The number of amides is 1. The first kappa shape index (κ1) is 16.2. The molecule has 2 aromatic rings. The fourth-order valence-electron chi connectivity index (χ4n) is 2.89. The molecule has 3 N–H and O–H groups in total. The van der Waals surface area contributed by atoms with Gasteiger partial charge in [0.15, 0.2) is 0 Å². The van der Waals surface area contributed by atoms with E-state index in [9.17, 15) is 4.79 Å². The Balaban J connectivity index is 1.74. The summed E-state index contributed by atoms with van der Waals surface area (Å²) in [5, 5.41) is 2.96. The molecule has 126 valence electrons. The average Bonchev–Trinajstić information content (AvgIpc) is 2.51. The number of hydrogen-bond acceptors (Lipinski definition) is 4. The fraction of sp³-hybridized carbons (Fsp3) is 0.316. The van der Waals surface area contributed by atoms with Crippen molar-refractivity contribution >= 4 is 23.0 Å². The smallest absolute Gasteiger partial charge is 0.243 e. The van der Waals surface area contributed by atoms with Crippen LogP contribution in [-0.2, 0) is 4.79 Å². The first-order chi connectivity index (χ1) is 11.4. The zero-order valence-corrected chi connectivity index (χ0v) is 14.3. The van der Waals surface area contributed by atoms with Crippen molar-refractivity contribution in [1.82, 2.24) is 0 Å². The highest BCUT2D eigenvalue weighted by Crippen LogP contribution is 2.34. The van der Waals surface area contributed by atoms with Gasteiger partial charge in [-0.3, -0.25) is 4.79 Å². The Bertz CT molecular complexity index is 773. The first-order valence-corrected chi connectivity index (χ1v) is 8.10. The monoisotopic (exact) mass is 325 g/mol. The molecule has 5 nitrogen and oxygen atoms in total. The molecule has 0 bridgehead atoms. The van der Waals surface area contributed by atoms with Crippen LogP contribution in [0.2, 0.25) is 0 Å². The maximum atomic E-state index is 12.5. The lowest BCUT2D eigenvalue weighted by Gasteiger charge is -2.34. The highest BCUT2D eigenvalue weighted by molar-refractivity contribution is 5.94. The number of benzene rings is 2. The Morgan fingerprint density at radius 2 is 2.04 bits per heavy atom. The molecule has 0 saturated heterocycles. The van der Waals surface area contributed by atoms with Crippen molar-refractivity contribution < 1.29 is 9.53 Å². The van der Waals surface area contributed by atoms with Gasteiger partial charge in [0, 0.05) is 11.4 Å². The van der Waals surface area contributed by atoms with Crippen molar-refractivity contribution in [2.75, 3.05) is 29.0 Å². The summed E-state index contributed by atoms with van der Waals surface area (Å²) in [5.74, 6) is 0.711. The number of carbonyl (C=O) groups excluding carboxylic acids is 1. The van der Waals surface area contributed by atoms with E-state index in [1.165, 1.54) is 5.56 Å². The van der Waals surface area contributed by atoms with Crippen molar-refractivity contribution in [3.63, 3.8) is 0 Å². The molecule has 5 heteroatoms. The summed E-state index contributed by atoms with van der Waals surface area (Å²) in [5.41, 5.74) is 10.6. The number of ether oxygens (including phenoxy) is 1. The van der Waals surface area contributed by atoms with Crippen LogP contribution in [0.25, 0.3) is 0 Å². The number of nitrogens with two attached hydrogens (primary N) is 1. The zero-order valence-electron chi connectivity index (χ0n) is 14.3. The van der Waals surface area contributed by atoms with Crippen LogP contribution in [0.4, 0.5) is 17.1 Å². The molecule has 0 aromatic heterocycles. The van der Waals surface area contributed by atoms with Gasteiger partial charge in [-0.1, -0.05) is 6.07 Å². The minimum Gasteiger partial charge on any atom is -0.487 e. The SMILES string of the molecule is Cc1ccc(NC(=O)CN2CC(C)Oc3ccc(N)cc32)cc1C. The second kappa shape index (κ2) is 6.43. The predicted molar refractivity (Wildman–Crippen MR) is 97.7 cm³/mol. The third kappa shape index (κ3) is 3.45. The molecule has 1 heterocycles. The van der Waals surface area contributed by atoms with Gasteiger partial charge in [0.2, 0.25) is 5.91 Å². The van der Waals surface area contributed by atoms with Gasteiger partial charge in [0.05, 0.1) is 18.8 Å². The number of anilines is 3. The summed E-state index contributed by atoms with van der Waals surface area (Å²) in [7, 11) is 0. The summed E-state index contributed by atoms with van der Waals surface area (Å²) >= 11 is 0. The summed E-state index contributed by atoms with van der Waals surface area (Å²) in [6.07, 6.45) is 0.0237. The number of fused-ring (bicyclic) bond motifs is 1. The van der Waals surface area contributed by atoms with Crippen LogP contribution >= 0.6 is 0 Å². The van der Waals surface area contributed by atoms with Gasteiger partial charge in [-0.15, -0.1) is 0 Å². The number of nitrogens with zero attached hydrogens (tertiary/aromatic N) is 1. The van der Waals surface area contributed by atoms with Crippen molar-refractivity contribution in [2.24, 2.45) is 0 Å². The van der Waals surface area contributed by atoms with Gasteiger partial charge in [-0.05, 0) is 62.2 Å². The topological polar surface area (TPSA) is 67.6 Å². The molecule has 24 heavy (non-hydrogen) atoms. The maximum Gasteiger partial charge on any atom is 0.243 e. The number of hydrogen-bond donors (Lipinski definition) is 2. The second-order valence-electron chi connectivity index (χ2n) is 6.38. The molecule has 1 unspecified atom stereocenters. The van der Waals surface area contributed by atoms with Crippen LogP contribution in [0.1, 0.15) is 18.1 Å². The van der Waals surface area contributed by atoms with Crippen molar-refractivity contribution in [3.8, 4) is 5.75 Å². The maximum absolute atomic E-state index is 12.5. The number of carbonyl (C=O) groups is 1. The predicted octanol–water partition coefficient (Wildman–Crippen LogP) is 3.11. The molecule has 0 radical (unpaired) electrons. The second-order valence-corrected chi connectivity index (χ2v) is 6.38. The van der Waals surface area contributed by atoms with Crippen molar-refractivity contribution in [3.05, 3.63) is 47.5 Å². The van der Waals surface area contributed by atoms with Crippen molar-refractivity contribution in [2.45, 2.75) is 26.9 Å². The summed E-state index contributed by atoms with van der Waals surface area (Å²) in [6, 6.07) is 11.4. The molecule has 0 saturated carbocycles. The van der Waals surface area contributed by atoms with Gasteiger partial charge >= 0.3 is 0 Å². The third-order valence-electron chi connectivity index (χ3n) is 4.25. The Labute approximate surface area is 142 Å². The van der Waals surface area contributed by atoms with E-state index in [-0.39, 0.29) is 18.6 Å². The fourth-order valence-corrected chi connectivity index (χ4v) is 2.89. The van der Waals surface area contributed by atoms with E-state index in [2.05, 4.69) is 12.2 Å². The average molecular weight is 325 g/mol. The van der Waals surface area contributed by atoms with E-state index in [1.807, 2.05) is 55.1 Å². The molecule has 1 aliphatic rings. The van der Waals surface area contributed by atoms with Gasteiger partial charge in [0.1, 0.15) is 11.9 Å². The van der Waals surface area contributed by atoms with Crippen LogP contribution in [-0.4, -0.2) is 25.1 Å². The van der Waals surface area contributed by atoms with E-state index >= 15 is 0 Å². The van der Waals surface area contributed by atoms with Crippen LogP contribution in [0.3, 0.4) is 0 Å². The van der Waals surface area contributed by atoms with Gasteiger partial charge in [-0.2, -0.15) is 0 Å². The highest BCUT2D eigenvalue weighted by Gasteiger charge is 2.24. The van der Waals surface area contributed by atoms with Crippen molar-refractivity contribution in [1.29, 1.82) is 0 Å². The molecular formula is C19H23N3O2. The molecule has 1 atom stereocenters. The highest BCUT2D eigenvalue weighted by atomic mass is 16.5. The third-order valence-corrected chi connectivity index (χ3v) is 4.25. The quantitative estimate of drug-likeness (QED) is 0.851. The van der Waals surface area contributed by atoms with E-state index in [4.69, 9.17) is 10.5 Å². The lowest BCUT2D eigenvalue weighted by Crippen LogP contribution is -2.42. The van der Waals surface area contributed by atoms with E-state index in [0.717, 1.165) is 22.7 Å². The standard InChI is InChI=1S/C19H23N3O2/c1-12-4-6-16(8-13(12)2)21-19(23)11-22-10-14(3)24-18-7-5-15(20)9-17(18)22/h4-9,14H,10-11,20H2,1-3H3,(H,21,23). The molecule has 2 aromatic carbocycles. The first-order valence-electron chi connectivity index (χ1n) is 8.10. The van der Waals surface area contributed by atoms with E-state index in [0.29, 0.717) is 12.2 Å². The van der Waals surface area contributed by atoms with Crippen LogP contribution < -0.4 is 20.7 Å². The summed E-state index contributed by atoms with van der Waals surface area (Å²) in [6.45, 7) is 6.99. The Morgan fingerprint density at radius 3 is 2.79 bits per heavy atom. The molecule has 1 amide bonds. The summed E-state index contributed by atoms with van der Waals surface area (Å²) in [4.78, 5) is 14.5. The number of nitrogen functional groups attached to an aromatic ring is 1. The van der Waals surface area contributed by atoms with Gasteiger partial charge in [0.25, 0.3) is 0 Å². The molecule has 0 fully saturated rings. The van der Waals surface area contributed by atoms with Crippen LogP contribution in [0.5, 0.6) is 5.75 Å².